The lowest BCUT2D eigenvalue weighted by Gasteiger charge is -2.22. The molecule has 0 unspecified atom stereocenters. The van der Waals surface area contributed by atoms with Crippen LogP contribution in [0.15, 0.2) is 70.9 Å². The highest BCUT2D eigenvalue weighted by Crippen LogP contribution is 2.46. The van der Waals surface area contributed by atoms with Crippen LogP contribution < -0.4 is 18.9 Å². The average Bonchev–Trinajstić information content (AvgIpc) is 2.96. The maximum Gasteiger partial charge on any atom is 0.188 e. The Balaban J connectivity index is 2.70. The summed E-state index contributed by atoms with van der Waals surface area (Å²) in [6.07, 6.45) is 14.6. The Bertz CT molecular complexity index is 1270. The van der Waals surface area contributed by atoms with E-state index in [-0.39, 0.29) is 6.79 Å². The molecule has 0 aromatic heterocycles. The van der Waals surface area contributed by atoms with E-state index < -0.39 is 0 Å². The molecule has 2 aromatic rings. The minimum absolute atomic E-state index is 0.126. The number of benzene rings is 2. The highest BCUT2D eigenvalue weighted by atomic mass is 16.7. The lowest BCUT2D eigenvalue weighted by Crippen LogP contribution is -2.06. The van der Waals surface area contributed by atoms with Gasteiger partial charge in [-0.3, -0.25) is 0 Å². The van der Waals surface area contributed by atoms with Gasteiger partial charge in [0.05, 0.1) is 21.3 Å². The van der Waals surface area contributed by atoms with Crippen molar-refractivity contribution in [1.29, 1.82) is 0 Å². The van der Waals surface area contributed by atoms with Gasteiger partial charge in [-0.1, -0.05) is 46.6 Å². The lowest BCUT2D eigenvalue weighted by atomic mass is 9.91. The van der Waals surface area contributed by atoms with Crippen molar-refractivity contribution in [2.45, 2.75) is 80.1 Å². The predicted molar refractivity (Wildman–Crippen MR) is 176 cm³/mol. The van der Waals surface area contributed by atoms with Crippen LogP contribution in [0.25, 0.3) is 11.1 Å². The Morgan fingerprint density at radius 3 is 1.76 bits per heavy atom. The van der Waals surface area contributed by atoms with Gasteiger partial charge in [0.15, 0.2) is 6.79 Å². The molecule has 0 radical (unpaired) electrons. The van der Waals surface area contributed by atoms with E-state index in [0.29, 0.717) is 12.8 Å². The first-order valence-electron chi connectivity index (χ1n) is 14.8. The molecule has 0 saturated heterocycles. The third-order valence-corrected chi connectivity index (χ3v) is 7.14. The van der Waals surface area contributed by atoms with Crippen LogP contribution in [0.1, 0.15) is 78.4 Å². The van der Waals surface area contributed by atoms with Gasteiger partial charge in [0, 0.05) is 29.4 Å². The number of methoxy groups -OCH3 is 4. The zero-order valence-electron chi connectivity index (χ0n) is 27.6. The minimum atomic E-state index is 0.126. The fourth-order valence-electron chi connectivity index (χ4n) is 4.81. The molecule has 0 spiro atoms. The Morgan fingerprint density at radius 1 is 0.667 bits per heavy atom. The van der Waals surface area contributed by atoms with Gasteiger partial charge in [0.25, 0.3) is 0 Å². The Labute approximate surface area is 254 Å². The van der Waals surface area contributed by atoms with Crippen molar-refractivity contribution in [3.63, 3.8) is 0 Å². The molecular formula is C37H52O5. The number of hydrogen-bond acceptors (Lipinski definition) is 5. The third kappa shape index (κ3) is 10.8. The van der Waals surface area contributed by atoms with Crippen molar-refractivity contribution < 1.29 is 23.7 Å². The molecule has 5 nitrogen and oxygen atoms in total. The van der Waals surface area contributed by atoms with Gasteiger partial charge < -0.3 is 23.7 Å². The van der Waals surface area contributed by atoms with Gasteiger partial charge in [-0.25, -0.2) is 0 Å². The van der Waals surface area contributed by atoms with Crippen molar-refractivity contribution in [3.05, 3.63) is 82.0 Å². The summed E-state index contributed by atoms with van der Waals surface area (Å²) >= 11 is 0. The van der Waals surface area contributed by atoms with E-state index in [4.69, 9.17) is 23.7 Å². The van der Waals surface area contributed by atoms with Crippen LogP contribution in [0.5, 0.6) is 23.0 Å². The molecule has 0 aliphatic heterocycles. The number of allylic oxidation sites excluding steroid dienone is 8. The largest absolute Gasteiger partial charge is 0.497 e. The maximum atomic E-state index is 6.31. The molecule has 0 fully saturated rings. The van der Waals surface area contributed by atoms with E-state index in [1.807, 2.05) is 24.3 Å². The lowest BCUT2D eigenvalue weighted by molar-refractivity contribution is 0.0509. The van der Waals surface area contributed by atoms with Gasteiger partial charge >= 0.3 is 0 Å². The molecule has 2 rings (SSSR count). The number of hydrogen-bond donors (Lipinski definition) is 0. The molecule has 0 aliphatic rings. The predicted octanol–water partition coefficient (Wildman–Crippen LogP) is 9.83. The van der Waals surface area contributed by atoms with Gasteiger partial charge in [0.2, 0.25) is 0 Å². The Morgan fingerprint density at radius 2 is 1.24 bits per heavy atom. The van der Waals surface area contributed by atoms with E-state index in [1.54, 1.807) is 28.4 Å². The molecule has 2 aromatic carbocycles. The normalized spacial score (nSPS) is 11.7. The van der Waals surface area contributed by atoms with Crippen LogP contribution in [0, 0.1) is 0 Å². The summed E-state index contributed by atoms with van der Waals surface area (Å²) < 4.78 is 29.3. The van der Waals surface area contributed by atoms with E-state index in [9.17, 15) is 0 Å². The second kappa shape index (κ2) is 18.2. The molecule has 0 saturated carbocycles. The molecule has 230 valence electrons. The zero-order valence-corrected chi connectivity index (χ0v) is 27.6. The number of rotatable bonds is 17. The van der Waals surface area contributed by atoms with Gasteiger partial charge in [-0.15, -0.1) is 0 Å². The fourth-order valence-corrected chi connectivity index (χ4v) is 4.81. The highest BCUT2D eigenvalue weighted by molar-refractivity contribution is 5.83. The Hall–Kier alpha value is -3.44. The summed E-state index contributed by atoms with van der Waals surface area (Å²) in [6.45, 7) is 13.1. The van der Waals surface area contributed by atoms with E-state index in [0.717, 1.165) is 70.9 Å². The highest BCUT2D eigenvalue weighted by Gasteiger charge is 2.23. The van der Waals surface area contributed by atoms with Crippen LogP contribution in [-0.2, 0) is 17.6 Å². The van der Waals surface area contributed by atoms with Crippen LogP contribution in [-0.4, -0.2) is 35.2 Å². The van der Waals surface area contributed by atoms with Gasteiger partial charge in [-0.05, 0) is 104 Å². The molecule has 0 aliphatic carbocycles. The SMILES string of the molecule is COCOc1c(C/C=C(\C)CCC=C(C)C)cc(OC)cc1-c1c(OC)ccc(OC)c1C/C=C(\C)CCC=C(C)C. The topological polar surface area (TPSA) is 46.2 Å². The summed E-state index contributed by atoms with van der Waals surface area (Å²) in [5.74, 6) is 3.06. The van der Waals surface area contributed by atoms with Crippen molar-refractivity contribution in [1.82, 2.24) is 0 Å². The molecule has 5 heteroatoms. The summed E-state index contributed by atoms with van der Waals surface area (Å²) in [4.78, 5) is 0. The molecule has 0 N–H and O–H groups in total. The van der Waals surface area contributed by atoms with Crippen molar-refractivity contribution in [2.75, 3.05) is 35.2 Å². The van der Waals surface area contributed by atoms with Crippen LogP contribution in [0.3, 0.4) is 0 Å². The number of ether oxygens (including phenoxy) is 5. The minimum Gasteiger partial charge on any atom is -0.497 e. The standard InChI is InChI=1S/C37H52O5/c1-26(2)13-11-15-28(5)17-19-30-23-31(39-8)24-33(37(30)42-25-38-7)36-32(34(40-9)21-22-35(36)41-10)20-18-29(6)16-12-14-27(3)4/h13-14,17-18,21-24H,11-12,15-16,19-20,25H2,1-10H3/b28-17+,29-18+. The third-order valence-electron chi connectivity index (χ3n) is 7.14. The average molecular weight is 577 g/mol. The van der Waals surface area contributed by atoms with Crippen LogP contribution in [0.4, 0.5) is 0 Å². The summed E-state index contributed by atoms with van der Waals surface area (Å²) in [7, 11) is 6.74. The molecule has 0 bridgehead atoms. The van der Waals surface area contributed by atoms with E-state index in [2.05, 4.69) is 65.8 Å². The van der Waals surface area contributed by atoms with Crippen molar-refractivity contribution in [3.8, 4) is 34.1 Å². The first kappa shape index (κ1) is 34.8. The second-order valence-corrected chi connectivity index (χ2v) is 11.2. The van der Waals surface area contributed by atoms with E-state index >= 15 is 0 Å². The van der Waals surface area contributed by atoms with Crippen LogP contribution in [0.2, 0.25) is 0 Å². The van der Waals surface area contributed by atoms with Crippen LogP contribution >= 0.6 is 0 Å². The second-order valence-electron chi connectivity index (χ2n) is 11.2. The molecule has 0 amide bonds. The maximum absolute atomic E-state index is 6.31. The summed E-state index contributed by atoms with van der Waals surface area (Å²) in [6, 6.07) is 8.00. The quantitative estimate of drug-likeness (QED) is 0.139. The molecule has 0 heterocycles. The van der Waals surface area contributed by atoms with Crippen molar-refractivity contribution in [2.24, 2.45) is 0 Å². The molecular weight excluding hydrogens is 524 g/mol. The molecule has 0 atom stereocenters. The molecule has 42 heavy (non-hydrogen) atoms. The first-order chi connectivity index (χ1) is 20.1. The first-order valence-corrected chi connectivity index (χ1v) is 14.8. The fraction of sp³-hybridized carbons (Fsp3) is 0.459. The van der Waals surface area contributed by atoms with Gasteiger partial charge in [-0.2, -0.15) is 0 Å². The van der Waals surface area contributed by atoms with E-state index in [1.165, 1.54) is 22.3 Å². The monoisotopic (exact) mass is 576 g/mol. The zero-order chi connectivity index (χ0) is 31.1. The Kier molecular flexibility index (Phi) is 15.0. The summed E-state index contributed by atoms with van der Waals surface area (Å²) in [5.41, 5.74) is 9.23. The summed E-state index contributed by atoms with van der Waals surface area (Å²) in [5, 5.41) is 0. The van der Waals surface area contributed by atoms with Gasteiger partial charge in [0.1, 0.15) is 23.0 Å². The smallest absolute Gasteiger partial charge is 0.188 e. The van der Waals surface area contributed by atoms with Crippen molar-refractivity contribution >= 4 is 0 Å².